The summed E-state index contributed by atoms with van der Waals surface area (Å²) in [6.45, 7) is 0.500. The summed E-state index contributed by atoms with van der Waals surface area (Å²) in [6.07, 6.45) is -0.575. The van der Waals surface area contributed by atoms with Crippen LogP contribution >= 0.6 is 0 Å². The third-order valence-electron chi connectivity index (χ3n) is 3.85. The lowest BCUT2D eigenvalue weighted by Gasteiger charge is -2.32. The molecule has 3 N–H and O–H groups in total. The van der Waals surface area contributed by atoms with Crippen LogP contribution in [0.1, 0.15) is 31.2 Å². The van der Waals surface area contributed by atoms with Gasteiger partial charge in [0.1, 0.15) is 5.82 Å². The Morgan fingerprint density at radius 3 is 2.50 bits per heavy atom. The Morgan fingerprint density at radius 1 is 1.20 bits per heavy atom. The van der Waals surface area contributed by atoms with Crippen LogP contribution in [0.2, 0.25) is 0 Å². The SMILES string of the molecule is NCC1CCCCC1Nc1ccc(C(F)(F)F)cc1F. The fraction of sp³-hybridized carbons (Fsp3) is 0.571. The maximum Gasteiger partial charge on any atom is 0.416 e. The molecule has 0 aromatic heterocycles. The molecule has 1 aromatic carbocycles. The van der Waals surface area contributed by atoms with Gasteiger partial charge in [-0.1, -0.05) is 12.8 Å². The summed E-state index contributed by atoms with van der Waals surface area (Å²) in [5.74, 6) is -0.633. The van der Waals surface area contributed by atoms with E-state index in [0.29, 0.717) is 12.6 Å². The van der Waals surface area contributed by atoms with Crippen LogP contribution in [0.4, 0.5) is 23.2 Å². The first-order valence-corrected chi connectivity index (χ1v) is 6.75. The summed E-state index contributed by atoms with van der Waals surface area (Å²) in [5.41, 5.74) is 4.83. The minimum atomic E-state index is -4.52. The van der Waals surface area contributed by atoms with E-state index >= 15 is 0 Å². The summed E-state index contributed by atoms with van der Waals surface area (Å²) in [6, 6.07) is 2.61. The number of nitrogens with one attached hydrogen (secondary N) is 1. The number of nitrogens with two attached hydrogens (primary N) is 1. The molecule has 2 unspecified atom stereocenters. The average molecular weight is 290 g/mol. The Kier molecular flexibility index (Phi) is 4.52. The van der Waals surface area contributed by atoms with Crippen LogP contribution in [0.3, 0.4) is 0 Å². The summed E-state index contributed by atoms with van der Waals surface area (Å²) in [5, 5.41) is 3.01. The van der Waals surface area contributed by atoms with Crippen LogP contribution < -0.4 is 11.1 Å². The van der Waals surface area contributed by atoms with Gasteiger partial charge in [0, 0.05) is 6.04 Å². The molecule has 1 fully saturated rings. The lowest BCUT2D eigenvalue weighted by atomic mass is 9.84. The van der Waals surface area contributed by atoms with Crippen molar-refractivity contribution in [2.24, 2.45) is 11.7 Å². The molecule has 0 radical (unpaired) electrons. The van der Waals surface area contributed by atoms with Gasteiger partial charge in [-0.25, -0.2) is 4.39 Å². The average Bonchev–Trinajstić information content (AvgIpc) is 2.40. The van der Waals surface area contributed by atoms with Gasteiger partial charge in [0.15, 0.2) is 0 Å². The lowest BCUT2D eigenvalue weighted by molar-refractivity contribution is -0.137. The maximum absolute atomic E-state index is 13.8. The molecular formula is C14H18F4N2. The van der Waals surface area contributed by atoms with E-state index in [1.165, 1.54) is 0 Å². The van der Waals surface area contributed by atoms with E-state index in [0.717, 1.165) is 37.8 Å². The number of anilines is 1. The van der Waals surface area contributed by atoms with Crippen molar-refractivity contribution in [3.63, 3.8) is 0 Å². The summed E-state index contributed by atoms with van der Waals surface area (Å²) in [7, 11) is 0. The van der Waals surface area contributed by atoms with E-state index in [-0.39, 0.29) is 17.6 Å². The molecule has 6 heteroatoms. The monoisotopic (exact) mass is 290 g/mol. The molecule has 2 atom stereocenters. The van der Waals surface area contributed by atoms with Gasteiger partial charge in [-0.2, -0.15) is 13.2 Å². The minimum Gasteiger partial charge on any atom is -0.380 e. The molecule has 2 nitrogen and oxygen atoms in total. The maximum atomic E-state index is 13.8. The summed E-state index contributed by atoms with van der Waals surface area (Å²) < 4.78 is 51.2. The molecule has 1 aliphatic carbocycles. The summed E-state index contributed by atoms with van der Waals surface area (Å²) >= 11 is 0. The number of rotatable bonds is 3. The first-order valence-electron chi connectivity index (χ1n) is 6.75. The van der Waals surface area contributed by atoms with Crippen molar-refractivity contribution in [3.05, 3.63) is 29.6 Å². The van der Waals surface area contributed by atoms with E-state index < -0.39 is 17.6 Å². The predicted molar refractivity (Wildman–Crippen MR) is 69.8 cm³/mol. The van der Waals surface area contributed by atoms with Crippen LogP contribution in [-0.4, -0.2) is 12.6 Å². The van der Waals surface area contributed by atoms with Gasteiger partial charge in [0.25, 0.3) is 0 Å². The molecule has 0 saturated heterocycles. The van der Waals surface area contributed by atoms with Crippen LogP contribution in [0.5, 0.6) is 0 Å². The molecule has 112 valence electrons. The topological polar surface area (TPSA) is 38.0 Å². The number of hydrogen-bond donors (Lipinski definition) is 2. The standard InChI is InChI=1S/C14H18F4N2/c15-11-7-10(14(16,17)18)5-6-13(11)20-12-4-2-1-3-9(12)8-19/h5-7,9,12,20H,1-4,8,19H2. The predicted octanol–water partition coefficient (Wildman–Crippen LogP) is 3.77. The Balaban J connectivity index is 2.13. The minimum absolute atomic E-state index is 0.0278. The van der Waals surface area contributed by atoms with Crippen molar-refractivity contribution in [1.82, 2.24) is 0 Å². The Labute approximate surface area is 115 Å². The fourth-order valence-corrected chi connectivity index (χ4v) is 2.69. The first kappa shape index (κ1) is 15.1. The van der Waals surface area contributed by atoms with E-state index in [1.54, 1.807) is 0 Å². The van der Waals surface area contributed by atoms with Gasteiger partial charge in [-0.15, -0.1) is 0 Å². The van der Waals surface area contributed by atoms with Crippen molar-refractivity contribution in [2.75, 3.05) is 11.9 Å². The summed E-state index contributed by atoms with van der Waals surface area (Å²) in [4.78, 5) is 0. The van der Waals surface area contributed by atoms with Gasteiger partial charge in [0.05, 0.1) is 11.3 Å². The smallest absolute Gasteiger partial charge is 0.380 e. The van der Waals surface area contributed by atoms with Crippen molar-refractivity contribution in [1.29, 1.82) is 0 Å². The Bertz CT molecular complexity index is 459. The van der Waals surface area contributed by atoms with E-state index in [9.17, 15) is 17.6 Å². The molecular weight excluding hydrogens is 272 g/mol. The number of halogens is 4. The van der Waals surface area contributed by atoms with Crippen LogP contribution in [0, 0.1) is 11.7 Å². The molecule has 2 rings (SSSR count). The fourth-order valence-electron chi connectivity index (χ4n) is 2.69. The zero-order valence-electron chi connectivity index (χ0n) is 11.0. The molecule has 1 aliphatic rings. The van der Waals surface area contributed by atoms with Crippen molar-refractivity contribution in [3.8, 4) is 0 Å². The van der Waals surface area contributed by atoms with E-state index in [1.807, 2.05) is 0 Å². The number of alkyl halides is 3. The second-order valence-corrected chi connectivity index (χ2v) is 5.22. The molecule has 0 aliphatic heterocycles. The largest absolute Gasteiger partial charge is 0.416 e. The highest BCUT2D eigenvalue weighted by molar-refractivity contribution is 5.47. The van der Waals surface area contributed by atoms with E-state index in [2.05, 4.69) is 5.32 Å². The quantitative estimate of drug-likeness (QED) is 0.832. The lowest BCUT2D eigenvalue weighted by Crippen LogP contribution is -2.36. The molecule has 20 heavy (non-hydrogen) atoms. The van der Waals surface area contributed by atoms with Crippen molar-refractivity contribution < 1.29 is 17.6 Å². The van der Waals surface area contributed by atoms with E-state index in [4.69, 9.17) is 5.73 Å². The Hall–Kier alpha value is -1.30. The first-order chi connectivity index (χ1) is 9.41. The molecule has 1 saturated carbocycles. The zero-order chi connectivity index (χ0) is 14.8. The highest BCUT2D eigenvalue weighted by Crippen LogP contribution is 2.32. The second kappa shape index (κ2) is 5.99. The van der Waals surface area contributed by atoms with Gasteiger partial charge < -0.3 is 11.1 Å². The highest BCUT2D eigenvalue weighted by Gasteiger charge is 2.31. The van der Waals surface area contributed by atoms with Crippen LogP contribution in [0.15, 0.2) is 18.2 Å². The molecule has 0 bridgehead atoms. The highest BCUT2D eigenvalue weighted by atomic mass is 19.4. The van der Waals surface area contributed by atoms with Crippen LogP contribution in [0.25, 0.3) is 0 Å². The molecule has 0 heterocycles. The number of benzene rings is 1. The van der Waals surface area contributed by atoms with Gasteiger partial charge in [0.2, 0.25) is 0 Å². The third kappa shape index (κ3) is 3.42. The molecule has 0 spiro atoms. The van der Waals surface area contributed by atoms with Crippen molar-refractivity contribution >= 4 is 5.69 Å². The molecule has 1 aromatic rings. The number of hydrogen-bond acceptors (Lipinski definition) is 2. The van der Waals surface area contributed by atoms with Gasteiger partial charge in [-0.05, 0) is 43.5 Å². The van der Waals surface area contributed by atoms with Gasteiger partial charge >= 0.3 is 6.18 Å². The normalized spacial score (nSPS) is 23.6. The van der Waals surface area contributed by atoms with Crippen molar-refractivity contribution in [2.45, 2.75) is 37.9 Å². The zero-order valence-corrected chi connectivity index (χ0v) is 11.0. The second-order valence-electron chi connectivity index (χ2n) is 5.22. The third-order valence-corrected chi connectivity index (χ3v) is 3.85. The molecule has 0 amide bonds. The van der Waals surface area contributed by atoms with Crippen LogP contribution in [-0.2, 0) is 6.18 Å². The Morgan fingerprint density at radius 2 is 1.90 bits per heavy atom. The van der Waals surface area contributed by atoms with Gasteiger partial charge in [-0.3, -0.25) is 0 Å².